The first kappa shape index (κ1) is 24.2. The van der Waals surface area contributed by atoms with Crippen molar-refractivity contribution in [2.45, 2.75) is 24.4 Å². The number of carbonyl (C=O) groups excluding carboxylic acids is 3. The summed E-state index contributed by atoms with van der Waals surface area (Å²) in [6, 6.07) is 14.6. The van der Waals surface area contributed by atoms with Crippen LogP contribution in [0.3, 0.4) is 0 Å². The molecule has 10 heteroatoms. The largest absolute Gasteiger partial charge is 0.481 e. The third-order valence-corrected chi connectivity index (χ3v) is 6.44. The maximum absolute atomic E-state index is 13.0. The zero-order valence-electron chi connectivity index (χ0n) is 19.4. The minimum Gasteiger partial charge on any atom is -0.481 e. The minimum atomic E-state index is -1.61. The number of hydrogen-bond donors (Lipinski definition) is 4. The molecule has 0 aromatic heterocycles. The lowest BCUT2D eigenvalue weighted by Gasteiger charge is -2.30. The number of nitrogens with one attached hydrogen (secondary N) is 3. The summed E-state index contributed by atoms with van der Waals surface area (Å²) in [5, 5.41) is 16.7. The highest BCUT2D eigenvalue weighted by Gasteiger charge is 2.44. The monoisotopic (exact) mass is 481 g/mol. The van der Waals surface area contributed by atoms with Crippen LogP contribution >= 0.6 is 0 Å². The number of alkyl carbamates (subject to hydrolysis) is 1. The molecule has 3 amide bonds. The molecule has 2 aromatic carbocycles. The third-order valence-electron chi connectivity index (χ3n) is 6.44. The van der Waals surface area contributed by atoms with Gasteiger partial charge in [0, 0.05) is 19.6 Å². The summed E-state index contributed by atoms with van der Waals surface area (Å²) in [7, 11) is 1.35. The number of ether oxygens (including phenoxy) is 2. The molecule has 4 rings (SSSR count). The smallest absolute Gasteiger partial charge is 0.408 e. The van der Waals surface area contributed by atoms with Crippen molar-refractivity contribution < 1.29 is 33.8 Å². The fraction of sp³-hybridized carbons (Fsp3) is 0.360. The summed E-state index contributed by atoms with van der Waals surface area (Å²) in [6.45, 7) is 1.14. The second kappa shape index (κ2) is 9.75. The number of amides is 3. The van der Waals surface area contributed by atoms with E-state index < -0.39 is 41.4 Å². The molecule has 3 unspecified atom stereocenters. The second-order valence-electron chi connectivity index (χ2n) is 8.86. The first-order chi connectivity index (χ1) is 16.7. The van der Waals surface area contributed by atoms with Crippen molar-refractivity contribution in [3.8, 4) is 11.1 Å². The molecule has 35 heavy (non-hydrogen) atoms. The van der Waals surface area contributed by atoms with Gasteiger partial charge in [-0.1, -0.05) is 48.5 Å². The van der Waals surface area contributed by atoms with Gasteiger partial charge in [0.05, 0.1) is 6.61 Å². The van der Waals surface area contributed by atoms with Crippen molar-refractivity contribution in [3.63, 3.8) is 0 Å². The molecule has 0 radical (unpaired) electrons. The Kier molecular flexibility index (Phi) is 6.74. The van der Waals surface area contributed by atoms with Gasteiger partial charge in [-0.2, -0.15) is 0 Å². The highest BCUT2D eigenvalue weighted by atomic mass is 16.5. The molecule has 1 aliphatic heterocycles. The van der Waals surface area contributed by atoms with Gasteiger partial charge in [-0.3, -0.25) is 14.4 Å². The van der Waals surface area contributed by atoms with E-state index in [1.54, 1.807) is 0 Å². The van der Waals surface area contributed by atoms with Crippen LogP contribution < -0.4 is 16.0 Å². The predicted molar refractivity (Wildman–Crippen MR) is 125 cm³/mol. The van der Waals surface area contributed by atoms with Crippen molar-refractivity contribution in [1.29, 1.82) is 0 Å². The summed E-state index contributed by atoms with van der Waals surface area (Å²) in [5.74, 6) is -3.86. The van der Waals surface area contributed by atoms with Gasteiger partial charge in [0.2, 0.25) is 11.8 Å². The molecule has 2 aromatic rings. The first-order valence-electron chi connectivity index (χ1n) is 11.2. The van der Waals surface area contributed by atoms with Crippen LogP contribution in [0.5, 0.6) is 0 Å². The Morgan fingerprint density at radius 1 is 1.09 bits per heavy atom. The highest BCUT2D eigenvalue weighted by Crippen LogP contribution is 2.44. The summed E-state index contributed by atoms with van der Waals surface area (Å²) in [4.78, 5) is 49.2. The van der Waals surface area contributed by atoms with Gasteiger partial charge >= 0.3 is 12.1 Å². The topological polar surface area (TPSA) is 143 Å². The molecule has 184 valence electrons. The molecule has 4 N–H and O–H groups in total. The lowest BCUT2D eigenvalue weighted by molar-refractivity contribution is -0.143. The molecule has 1 fully saturated rings. The van der Waals surface area contributed by atoms with Gasteiger partial charge in [0.1, 0.15) is 24.1 Å². The Labute approximate surface area is 202 Å². The van der Waals surface area contributed by atoms with Crippen LogP contribution in [0.1, 0.15) is 24.0 Å². The van der Waals surface area contributed by atoms with Crippen LogP contribution in [0.25, 0.3) is 11.1 Å². The molecule has 1 heterocycles. The zero-order chi connectivity index (χ0) is 25.2. The number of carboxylic acids is 1. The van der Waals surface area contributed by atoms with Gasteiger partial charge in [0.25, 0.3) is 0 Å². The van der Waals surface area contributed by atoms with Gasteiger partial charge in [0.15, 0.2) is 0 Å². The lowest BCUT2D eigenvalue weighted by Crippen LogP contribution is -2.62. The van der Waals surface area contributed by atoms with E-state index in [1.807, 2.05) is 48.5 Å². The Morgan fingerprint density at radius 2 is 1.69 bits per heavy atom. The van der Waals surface area contributed by atoms with Crippen molar-refractivity contribution in [3.05, 3.63) is 59.7 Å². The van der Waals surface area contributed by atoms with E-state index in [0.29, 0.717) is 0 Å². The summed E-state index contributed by atoms with van der Waals surface area (Å²) >= 11 is 0. The Hall–Kier alpha value is -3.92. The summed E-state index contributed by atoms with van der Waals surface area (Å²) < 4.78 is 10.6. The van der Waals surface area contributed by atoms with Gasteiger partial charge < -0.3 is 30.5 Å². The van der Waals surface area contributed by atoms with Crippen molar-refractivity contribution in [1.82, 2.24) is 16.0 Å². The highest BCUT2D eigenvalue weighted by molar-refractivity contribution is 5.97. The number of aliphatic carboxylic acids is 1. The van der Waals surface area contributed by atoms with E-state index in [1.165, 1.54) is 14.0 Å². The Balaban J connectivity index is 1.44. The lowest BCUT2D eigenvalue weighted by atomic mass is 9.98. The third kappa shape index (κ3) is 4.69. The average molecular weight is 482 g/mol. The SMILES string of the molecule is COCC(C)(NC(=O)OCC1c2ccccc2-c2ccccc21)C(=O)NC1C(=O)NCC1C(=O)O. The Morgan fingerprint density at radius 3 is 2.26 bits per heavy atom. The molecular formula is C25H27N3O7. The molecule has 10 nitrogen and oxygen atoms in total. The van der Waals surface area contributed by atoms with E-state index >= 15 is 0 Å². The van der Waals surface area contributed by atoms with Crippen LogP contribution in [-0.4, -0.2) is 67.4 Å². The van der Waals surface area contributed by atoms with Gasteiger partial charge in [-0.25, -0.2) is 4.79 Å². The molecule has 1 saturated heterocycles. The molecular weight excluding hydrogens is 454 g/mol. The predicted octanol–water partition coefficient (Wildman–Crippen LogP) is 1.25. The quantitative estimate of drug-likeness (QED) is 0.444. The second-order valence-corrected chi connectivity index (χ2v) is 8.86. The van der Waals surface area contributed by atoms with E-state index in [0.717, 1.165) is 22.3 Å². The molecule has 1 aliphatic carbocycles. The molecule has 0 spiro atoms. The molecule has 3 atom stereocenters. The maximum atomic E-state index is 13.0. The number of methoxy groups -OCH3 is 1. The summed E-state index contributed by atoms with van der Waals surface area (Å²) in [5.41, 5.74) is 2.66. The van der Waals surface area contributed by atoms with Gasteiger partial charge in [-0.05, 0) is 29.2 Å². The standard InChI is InChI=1S/C25H27N3O7/c1-25(13-34-2,23(32)27-20-18(22(30)31)11-26-21(20)29)28-24(33)35-12-19-16-9-5-3-7-14(16)15-8-4-6-10-17(15)19/h3-10,18-20H,11-13H2,1-2H3,(H,26,29)(H,27,32)(H,28,33)(H,30,31). The van der Waals surface area contributed by atoms with Crippen molar-refractivity contribution in [2.24, 2.45) is 5.92 Å². The average Bonchev–Trinajstić information content (AvgIpc) is 3.35. The normalized spacial score (nSPS) is 20.2. The van der Waals surface area contributed by atoms with Crippen LogP contribution in [0.15, 0.2) is 48.5 Å². The van der Waals surface area contributed by atoms with E-state index in [4.69, 9.17) is 9.47 Å². The van der Waals surface area contributed by atoms with Gasteiger partial charge in [-0.15, -0.1) is 0 Å². The number of rotatable bonds is 8. The first-order valence-corrected chi connectivity index (χ1v) is 11.2. The zero-order valence-corrected chi connectivity index (χ0v) is 19.4. The number of benzene rings is 2. The summed E-state index contributed by atoms with van der Waals surface area (Å²) in [6.07, 6.45) is -0.841. The Bertz CT molecular complexity index is 1120. The van der Waals surface area contributed by atoms with Crippen LogP contribution in [0.4, 0.5) is 4.79 Å². The van der Waals surface area contributed by atoms with Crippen LogP contribution in [0.2, 0.25) is 0 Å². The number of carbonyl (C=O) groups is 4. The maximum Gasteiger partial charge on any atom is 0.408 e. The van der Waals surface area contributed by atoms with Crippen LogP contribution in [0, 0.1) is 5.92 Å². The van der Waals surface area contributed by atoms with E-state index in [2.05, 4.69) is 16.0 Å². The van der Waals surface area contributed by atoms with Crippen molar-refractivity contribution >= 4 is 23.9 Å². The van der Waals surface area contributed by atoms with Crippen molar-refractivity contribution in [2.75, 3.05) is 26.9 Å². The van der Waals surface area contributed by atoms with E-state index in [-0.39, 0.29) is 25.7 Å². The van der Waals surface area contributed by atoms with Crippen LogP contribution in [-0.2, 0) is 23.9 Å². The molecule has 0 saturated carbocycles. The number of hydrogen-bond acceptors (Lipinski definition) is 6. The number of fused-ring (bicyclic) bond motifs is 3. The fourth-order valence-electron chi connectivity index (χ4n) is 4.62. The molecule has 2 aliphatic rings. The van der Waals surface area contributed by atoms with E-state index in [9.17, 15) is 24.3 Å². The number of carboxylic acid groups (broad SMARTS) is 1. The molecule has 0 bridgehead atoms. The minimum absolute atomic E-state index is 0.0522. The fourth-order valence-corrected chi connectivity index (χ4v) is 4.62.